The zero-order valence-electron chi connectivity index (χ0n) is 10.3. The van der Waals surface area contributed by atoms with E-state index >= 15 is 0 Å². The van der Waals surface area contributed by atoms with E-state index in [0.29, 0.717) is 6.42 Å². The first kappa shape index (κ1) is 13.3. The van der Waals surface area contributed by atoms with Gasteiger partial charge in [-0.1, -0.05) is 0 Å². The van der Waals surface area contributed by atoms with Crippen LogP contribution >= 0.6 is 0 Å². The Morgan fingerprint density at radius 1 is 1.31 bits per heavy atom. The van der Waals surface area contributed by atoms with Crippen molar-refractivity contribution < 1.29 is 21.1 Å². The molecule has 0 heterocycles. The molecule has 6 N–H and O–H groups in total. The van der Waals surface area contributed by atoms with Gasteiger partial charge in [-0.25, -0.2) is 0 Å². The summed E-state index contributed by atoms with van der Waals surface area (Å²) in [6.07, 6.45) is 5.09. The molecule has 0 bridgehead atoms. The van der Waals surface area contributed by atoms with E-state index in [9.17, 15) is 9.59 Å². The van der Waals surface area contributed by atoms with Gasteiger partial charge in [-0.3, -0.25) is 9.59 Å². The summed E-state index contributed by atoms with van der Waals surface area (Å²) < 4.78 is 0. The van der Waals surface area contributed by atoms with E-state index in [0.717, 1.165) is 38.6 Å². The monoisotopic (exact) mass is 228 g/mol. The lowest BCUT2D eigenvalue weighted by atomic mass is 9.91. The lowest BCUT2D eigenvalue weighted by Crippen LogP contribution is -2.65. The molecule has 0 aliphatic heterocycles. The summed E-state index contributed by atoms with van der Waals surface area (Å²) in [4.78, 5) is 23.2. The highest BCUT2D eigenvalue weighted by molar-refractivity contribution is 5.93. The van der Waals surface area contributed by atoms with Gasteiger partial charge in [0, 0.05) is 18.3 Å². The Balaban J connectivity index is 2.32. The molecule has 92 valence electrons. The van der Waals surface area contributed by atoms with Gasteiger partial charge in [0.15, 0.2) is 5.78 Å². The second-order valence-electron chi connectivity index (χ2n) is 5.03. The summed E-state index contributed by atoms with van der Waals surface area (Å²) in [7, 11) is 0. The smallest absolute Gasteiger partial charge is 0.190 e. The van der Waals surface area contributed by atoms with Crippen molar-refractivity contribution in [1.29, 1.82) is 0 Å². The van der Waals surface area contributed by atoms with Crippen LogP contribution in [0.5, 0.6) is 0 Å². The summed E-state index contributed by atoms with van der Waals surface area (Å²) in [6.45, 7) is 2.51. The molecule has 0 aromatic carbocycles. The van der Waals surface area contributed by atoms with Crippen molar-refractivity contribution in [2.45, 2.75) is 51.5 Å². The molecule has 1 saturated carbocycles. The SMILES string of the molecule is CC(=O)C1(CC(=O)[C@@H]([NH3+])CCCC[NH3+])CC1. The number of quaternary nitrogens is 2. The lowest BCUT2D eigenvalue weighted by molar-refractivity contribution is -0.405. The van der Waals surface area contributed by atoms with Crippen LogP contribution in [0, 0.1) is 5.41 Å². The van der Waals surface area contributed by atoms with Gasteiger partial charge < -0.3 is 11.5 Å². The average Bonchev–Trinajstić information content (AvgIpc) is 2.99. The van der Waals surface area contributed by atoms with Gasteiger partial charge >= 0.3 is 0 Å². The minimum atomic E-state index is -0.292. The van der Waals surface area contributed by atoms with Gasteiger partial charge in [-0.15, -0.1) is 0 Å². The van der Waals surface area contributed by atoms with Crippen LogP contribution in [-0.4, -0.2) is 24.2 Å². The van der Waals surface area contributed by atoms with Crippen LogP contribution in [0.3, 0.4) is 0 Å². The lowest BCUT2D eigenvalue weighted by Gasteiger charge is -2.12. The largest absolute Gasteiger partial charge is 0.358 e. The van der Waals surface area contributed by atoms with E-state index in [1.807, 2.05) is 0 Å². The highest BCUT2D eigenvalue weighted by Gasteiger charge is 2.49. The van der Waals surface area contributed by atoms with Crippen molar-refractivity contribution in [2.24, 2.45) is 5.41 Å². The standard InChI is InChI=1S/C12H22N2O2/c1-9(15)12(5-6-12)8-11(16)10(14)4-2-3-7-13/h10H,2-8,13-14H2,1H3/p+2/t10-/m0/s1. The number of carbonyl (C=O) groups is 2. The maximum atomic E-state index is 11.9. The second kappa shape index (κ2) is 5.55. The summed E-state index contributed by atoms with van der Waals surface area (Å²) in [6, 6.07) is -0.136. The minimum absolute atomic E-state index is 0.136. The third kappa shape index (κ3) is 3.39. The number of ketones is 2. The molecule has 1 atom stereocenters. The Morgan fingerprint density at radius 3 is 2.38 bits per heavy atom. The zero-order valence-corrected chi connectivity index (χ0v) is 10.3. The molecular formula is C12H24N2O2+2. The third-order valence-electron chi connectivity index (χ3n) is 3.62. The van der Waals surface area contributed by atoms with E-state index in [-0.39, 0.29) is 23.0 Å². The van der Waals surface area contributed by atoms with Gasteiger partial charge in [0.2, 0.25) is 0 Å². The molecule has 1 fully saturated rings. The summed E-state index contributed by atoms with van der Waals surface area (Å²) in [5.74, 6) is 0.336. The van der Waals surface area contributed by atoms with Crippen LogP contribution in [0.25, 0.3) is 0 Å². The maximum absolute atomic E-state index is 11.9. The molecule has 1 aliphatic carbocycles. The molecule has 4 nitrogen and oxygen atoms in total. The van der Waals surface area contributed by atoms with Crippen LogP contribution in [0.4, 0.5) is 0 Å². The Bertz CT molecular complexity index is 272. The third-order valence-corrected chi connectivity index (χ3v) is 3.62. The molecule has 4 heteroatoms. The molecule has 0 radical (unpaired) electrons. The summed E-state index contributed by atoms with van der Waals surface area (Å²) in [5, 5.41) is 0. The quantitative estimate of drug-likeness (QED) is 0.540. The Morgan fingerprint density at radius 2 is 1.94 bits per heavy atom. The Hall–Kier alpha value is -0.740. The van der Waals surface area contributed by atoms with E-state index < -0.39 is 0 Å². The van der Waals surface area contributed by atoms with Crippen LogP contribution in [0.1, 0.15) is 45.4 Å². The van der Waals surface area contributed by atoms with E-state index in [1.54, 1.807) is 6.92 Å². The van der Waals surface area contributed by atoms with E-state index in [1.165, 1.54) is 0 Å². The molecule has 16 heavy (non-hydrogen) atoms. The number of hydrogen-bond acceptors (Lipinski definition) is 2. The fraction of sp³-hybridized carbons (Fsp3) is 0.833. The van der Waals surface area contributed by atoms with Gasteiger partial charge in [0.05, 0.1) is 6.54 Å². The topological polar surface area (TPSA) is 89.4 Å². The Labute approximate surface area is 96.8 Å². The zero-order chi connectivity index (χ0) is 12.2. The predicted molar refractivity (Wildman–Crippen MR) is 60.3 cm³/mol. The molecule has 1 aliphatic rings. The van der Waals surface area contributed by atoms with Crippen molar-refractivity contribution in [3.05, 3.63) is 0 Å². The molecule has 0 saturated heterocycles. The number of hydrogen-bond donors (Lipinski definition) is 2. The van der Waals surface area contributed by atoms with E-state index in [2.05, 4.69) is 11.5 Å². The van der Waals surface area contributed by atoms with Crippen LogP contribution in [0.15, 0.2) is 0 Å². The van der Waals surface area contributed by atoms with Gasteiger partial charge in [0.1, 0.15) is 11.8 Å². The van der Waals surface area contributed by atoms with Crippen LogP contribution in [-0.2, 0) is 9.59 Å². The summed E-state index contributed by atoms with van der Waals surface area (Å²) >= 11 is 0. The fourth-order valence-corrected chi connectivity index (χ4v) is 2.01. The van der Waals surface area contributed by atoms with Crippen molar-refractivity contribution in [3.63, 3.8) is 0 Å². The average molecular weight is 228 g/mol. The van der Waals surface area contributed by atoms with Crippen molar-refractivity contribution >= 4 is 11.6 Å². The first-order valence-electron chi connectivity index (χ1n) is 6.18. The van der Waals surface area contributed by atoms with Crippen LogP contribution < -0.4 is 11.5 Å². The highest BCUT2D eigenvalue weighted by atomic mass is 16.1. The Kier molecular flexibility index (Phi) is 4.62. The van der Waals surface area contributed by atoms with Crippen LogP contribution in [0.2, 0.25) is 0 Å². The van der Waals surface area contributed by atoms with Gasteiger partial charge in [0.25, 0.3) is 0 Å². The first-order valence-corrected chi connectivity index (χ1v) is 6.18. The van der Waals surface area contributed by atoms with E-state index in [4.69, 9.17) is 0 Å². The van der Waals surface area contributed by atoms with Crippen molar-refractivity contribution in [1.82, 2.24) is 0 Å². The molecule has 0 spiro atoms. The summed E-state index contributed by atoms with van der Waals surface area (Å²) in [5.41, 5.74) is 7.38. The molecule has 0 unspecified atom stereocenters. The highest BCUT2D eigenvalue weighted by Crippen LogP contribution is 2.49. The number of rotatable bonds is 8. The van der Waals surface area contributed by atoms with Crippen molar-refractivity contribution in [2.75, 3.05) is 6.54 Å². The fourth-order valence-electron chi connectivity index (χ4n) is 2.01. The predicted octanol–water partition coefficient (Wildman–Crippen LogP) is -0.662. The number of unbranched alkanes of at least 4 members (excludes halogenated alkanes) is 1. The first-order chi connectivity index (χ1) is 7.52. The van der Waals surface area contributed by atoms with Crippen molar-refractivity contribution in [3.8, 4) is 0 Å². The molecule has 0 aromatic rings. The number of carbonyl (C=O) groups excluding carboxylic acids is 2. The molecule has 0 aromatic heterocycles. The number of Topliss-reactive ketones (excluding diaryl/α,β-unsaturated/α-hetero) is 2. The molecular weight excluding hydrogens is 204 g/mol. The maximum Gasteiger partial charge on any atom is 0.190 e. The minimum Gasteiger partial charge on any atom is -0.358 e. The molecule has 0 amide bonds. The van der Waals surface area contributed by atoms with Gasteiger partial charge in [-0.2, -0.15) is 0 Å². The normalized spacial score (nSPS) is 19.2. The second-order valence-corrected chi connectivity index (χ2v) is 5.03. The van der Waals surface area contributed by atoms with Gasteiger partial charge in [-0.05, 0) is 32.6 Å². The molecule has 1 rings (SSSR count).